The van der Waals surface area contributed by atoms with Crippen LogP contribution in [0.4, 0.5) is 5.69 Å². The largest absolute Gasteiger partial charge is 0.322 e. The van der Waals surface area contributed by atoms with E-state index in [9.17, 15) is 4.79 Å². The lowest BCUT2D eigenvalue weighted by Gasteiger charge is -2.11. The van der Waals surface area contributed by atoms with E-state index in [1.165, 1.54) is 5.56 Å². The van der Waals surface area contributed by atoms with Crippen LogP contribution in [0.1, 0.15) is 22.8 Å². The minimum Gasteiger partial charge on any atom is -0.322 e. The van der Waals surface area contributed by atoms with Gasteiger partial charge in [-0.25, -0.2) is 4.98 Å². The molecular formula is C24H20N2O. The van der Waals surface area contributed by atoms with Gasteiger partial charge in [-0.15, -0.1) is 0 Å². The molecule has 1 aromatic heterocycles. The molecule has 0 unspecified atom stereocenters. The summed E-state index contributed by atoms with van der Waals surface area (Å²) in [6.45, 7) is 2.11. The lowest BCUT2D eigenvalue weighted by atomic mass is 10.0. The average molecular weight is 352 g/mol. The van der Waals surface area contributed by atoms with Crippen LogP contribution in [0.25, 0.3) is 22.2 Å². The normalized spacial score (nSPS) is 10.7. The van der Waals surface area contributed by atoms with Crippen LogP contribution >= 0.6 is 0 Å². The summed E-state index contributed by atoms with van der Waals surface area (Å²) in [5.74, 6) is -0.130. The zero-order valence-electron chi connectivity index (χ0n) is 15.1. The standard InChI is InChI=1S/C24H20N2O/c1-2-17-12-14-19(15-13-17)25-24(27)21-16-23(18-8-4-3-5-9-18)26-22-11-7-6-10-20(21)22/h3-16H,2H2,1H3,(H,25,27). The molecule has 0 aliphatic heterocycles. The molecule has 0 radical (unpaired) electrons. The van der Waals surface area contributed by atoms with Gasteiger partial charge in [-0.3, -0.25) is 4.79 Å². The van der Waals surface area contributed by atoms with Crippen LogP contribution in [0.5, 0.6) is 0 Å². The summed E-state index contributed by atoms with van der Waals surface area (Å²) in [4.78, 5) is 17.8. The van der Waals surface area contributed by atoms with Crippen molar-refractivity contribution in [3.63, 3.8) is 0 Å². The fourth-order valence-electron chi connectivity index (χ4n) is 3.14. The third-order valence-electron chi connectivity index (χ3n) is 4.65. The van der Waals surface area contributed by atoms with Crippen molar-refractivity contribution in [2.45, 2.75) is 13.3 Å². The Balaban J connectivity index is 1.75. The van der Waals surface area contributed by atoms with Crippen LogP contribution in [0, 0.1) is 0 Å². The van der Waals surface area contributed by atoms with Gasteiger partial charge in [-0.1, -0.05) is 67.6 Å². The van der Waals surface area contributed by atoms with Gasteiger partial charge in [-0.2, -0.15) is 0 Å². The molecule has 1 amide bonds. The maximum atomic E-state index is 13.0. The number of amides is 1. The molecule has 0 saturated carbocycles. The summed E-state index contributed by atoms with van der Waals surface area (Å²) in [5.41, 5.74) is 5.25. The summed E-state index contributed by atoms with van der Waals surface area (Å²) in [6.07, 6.45) is 0.976. The summed E-state index contributed by atoms with van der Waals surface area (Å²) in [7, 11) is 0. The molecule has 3 heteroatoms. The van der Waals surface area contributed by atoms with Gasteiger partial charge in [0.2, 0.25) is 0 Å². The van der Waals surface area contributed by atoms with Crippen LogP contribution in [-0.4, -0.2) is 10.9 Å². The van der Waals surface area contributed by atoms with E-state index in [1.807, 2.05) is 84.9 Å². The van der Waals surface area contributed by atoms with Gasteiger partial charge in [0.05, 0.1) is 16.8 Å². The summed E-state index contributed by atoms with van der Waals surface area (Å²) >= 11 is 0. The number of rotatable bonds is 4. The highest BCUT2D eigenvalue weighted by Gasteiger charge is 2.14. The number of carbonyl (C=O) groups is 1. The number of hydrogen-bond donors (Lipinski definition) is 1. The van der Waals surface area contributed by atoms with E-state index in [0.29, 0.717) is 5.56 Å². The van der Waals surface area contributed by atoms with Crippen molar-refractivity contribution >= 4 is 22.5 Å². The van der Waals surface area contributed by atoms with Gasteiger partial charge < -0.3 is 5.32 Å². The van der Waals surface area contributed by atoms with Crippen molar-refractivity contribution in [3.8, 4) is 11.3 Å². The summed E-state index contributed by atoms with van der Waals surface area (Å²) in [5, 5.41) is 3.86. The van der Waals surface area contributed by atoms with Gasteiger partial charge in [0, 0.05) is 16.6 Å². The Morgan fingerprint density at radius 2 is 1.59 bits per heavy atom. The first-order valence-corrected chi connectivity index (χ1v) is 9.10. The smallest absolute Gasteiger partial charge is 0.256 e. The Hall–Kier alpha value is -3.46. The number of aromatic nitrogens is 1. The van der Waals surface area contributed by atoms with Crippen molar-refractivity contribution in [1.82, 2.24) is 4.98 Å². The van der Waals surface area contributed by atoms with E-state index in [0.717, 1.165) is 34.3 Å². The van der Waals surface area contributed by atoms with Crippen LogP contribution in [0.2, 0.25) is 0 Å². The second-order valence-electron chi connectivity index (χ2n) is 6.44. The predicted octanol–water partition coefficient (Wildman–Crippen LogP) is 5.72. The Labute approximate surface area is 158 Å². The number of carbonyl (C=O) groups excluding carboxylic acids is 1. The maximum absolute atomic E-state index is 13.0. The predicted molar refractivity (Wildman–Crippen MR) is 111 cm³/mol. The van der Waals surface area contributed by atoms with Gasteiger partial charge in [0.1, 0.15) is 0 Å². The molecule has 132 valence electrons. The first-order chi connectivity index (χ1) is 13.2. The highest BCUT2D eigenvalue weighted by Crippen LogP contribution is 2.25. The van der Waals surface area contributed by atoms with Crippen LogP contribution < -0.4 is 5.32 Å². The average Bonchev–Trinajstić information content (AvgIpc) is 2.74. The SMILES string of the molecule is CCc1ccc(NC(=O)c2cc(-c3ccccc3)nc3ccccc23)cc1. The molecule has 1 heterocycles. The summed E-state index contributed by atoms with van der Waals surface area (Å²) in [6, 6.07) is 27.5. The lowest BCUT2D eigenvalue weighted by Crippen LogP contribution is -2.13. The van der Waals surface area contributed by atoms with Gasteiger partial charge >= 0.3 is 0 Å². The van der Waals surface area contributed by atoms with Crippen LogP contribution in [0.15, 0.2) is 84.9 Å². The number of hydrogen-bond acceptors (Lipinski definition) is 2. The number of nitrogens with one attached hydrogen (secondary N) is 1. The lowest BCUT2D eigenvalue weighted by molar-refractivity contribution is 0.102. The van der Waals surface area contributed by atoms with Crippen LogP contribution in [0.3, 0.4) is 0 Å². The third kappa shape index (κ3) is 3.58. The number of anilines is 1. The molecule has 3 aromatic carbocycles. The molecule has 1 N–H and O–H groups in total. The van der Waals surface area contributed by atoms with E-state index in [-0.39, 0.29) is 5.91 Å². The van der Waals surface area contributed by atoms with Gasteiger partial charge in [0.25, 0.3) is 5.91 Å². The molecule has 27 heavy (non-hydrogen) atoms. The molecule has 0 atom stereocenters. The molecule has 0 fully saturated rings. The minimum atomic E-state index is -0.130. The monoisotopic (exact) mass is 352 g/mol. The zero-order chi connectivity index (χ0) is 18.6. The molecule has 0 bridgehead atoms. The molecule has 0 spiro atoms. The van der Waals surface area contributed by atoms with Gasteiger partial charge in [-0.05, 0) is 36.2 Å². The number of pyridine rings is 1. The zero-order valence-corrected chi connectivity index (χ0v) is 15.1. The number of benzene rings is 3. The minimum absolute atomic E-state index is 0.130. The third-order valence-corrected chi connectivity index (χ3v) is 4.65. The Morgan fingerprint density at radius 3 is 2.33 bits per heavy atom. The molecule has 0 aliphatic rings. The second kappa shape index (κ2) is 7.42. The fraction of sp³-hybridized carbons (Fsp3) is 0.0833. The van der Waals surface area contributed by atoms with Crippen molar-refractivity contribution in [1.29, 1.82) is 0 Å². The Kier molecular flexibility index (Phi) is 4.67. The number of aryl methyl sites for hydroxylation is 1. The van der Waals surface area contributed by atoms with Crippen molar-refractivity contribution < 1.29 is 4.79 Å². The van der Waals surface area contributed by atoms with Crippen molar-refractivity contribution in [2.75, 3.05) is 5.32 Å². The molecular weight excluding hydrogens is 332 g/mol. The highest BCUT2D eigenvalue weighted by molar-refractivity contribution is 6.13. The summed E-state index contributed by atoms with van der Waals surface area (Å²) < 4.78 is 0. The molecule has 4 rings (SSSR count). The quantitative estimate of drug-likeness (QED) is 0.510. The van der Waals surface area contributed by atoms with E-state index in [2.05, 4.69) is 12.2 Å². The van der Waals surface area contributed by atoms with E-state index in [1.54, 1.807) is 0 Å². The molecule has 4 aromatic rings. The molecule has 0 saturated heterocycles. The highest BCUT2D eigenvalue weighted by atomic mass is 16.1. The first kappa shape index (κ1) is 17.0. The Morgan fingerprint density at radius 1 is 0.889 bits per heavy atom. The Bertz CT molecular complexity index is 1090. The fourth-order valence-corrected chi connectivity index (χ4v) is 3.14. The topological polar surface area (TPSA) is 42.0 Å². The number of para-hydroxylation sites is 1. The number of nitrogens with zero attached hydrogens (tertiary/aromatic N) is 1. The van der Waals surface area contributed by atoms with E-state index >= 15 is 0 Å². The van der Waals surface area contributed by atoms with E-state index < -0.39 is 0 Å². The van der Waals surface area contributed by atoms with Gasteiger partial charge in [0.15, 0.2) is 0 Å². The van der Waals surface area contributed by atoms with Crippen LogP contribution in [-0.2, 0) is 6.42 Å². The first-order valence-electron chi connectivity index (χ1n) is 9.10. The second-order valence-corrected chi connectivity index (χ2v) is 6.44. The van der Waals surface area contributed by atoms with Crippen molar-refractivity contribution in [3.05, 3.63) is 96.1 Å². The maximum Gasteiger partial charge on any atom is 0.256 e. The molecule has 3 nitrogen and oxygen atoms in total. The van der Waals surface area contributed by atoms with E-state index in [4.69, 9.17) is 4.98 Å². The number of fused-ring (bicyclic) bond motifs is 1. The van der Waals surface area contributed by atoms with Crippen molar-refractivity contribution in [2.24, 2.45) is 0 Å². The molecule has 0 aliphatic carbocycles.